The highest BCUT2D eigenvalue weighted by Gasteiger charge is 2.15. The Labute approximate surface area is 131 Å². The van der Waals surface area contributed by atoms with Crippen LogP contribution in [0.15, 0.2) is 36.8 Å². The highest BCUT2D eigenvalue weighted by molar-refractivity contribution is 5.78. The number of ether oxygens (including phenoxy) is 1. The second-order valence-electron chi connectivity index (χ2n) is 4.74. The van der Waals surface area contributed by atoms with Gasteiger partial charge in [0.25, 0.3) is 0 Å². The average Bonchev–Trinajstić information content (AvgIpc) is 3.08. The van der Waals surface area contributed by atoms with Crippen LogP contribution in [0.5, 0.6) is 5.75 Å². The van der Waals surface area contributed by atoms with Crippen LogP contribution in [-0.4, -0.2) is 22.1 Å². The summed E-state index contributed by atoms with van der Waals surface area (Å²) >= 11 is 0. The molecule has 0 radical (unpaired) electrons. The van der Waals surface area contributed by atoms with Crippen LogP contribution in [0.4, 0.5) is 10.2 Å². The van der Waals surface area contributed by atoms with Gasteiger partial charge in [0.15, 0.2) is 11.6 Å². The van der Waals surface area contributed by atoms with Gasteiger partial charge >= 0.3 is 0 Å². The van der Waals surface area contributed by atoms with Crippen molar-refractivity contribution in [3.63, 3.8) is 0 Å². The highest BCUT2D eigenvalue weighted by Crippen LogP contribution is 2.31. The van der Waals surface area contributed by atoms with Crippen molar-refractivity contribution in [1.29, 1.82) is 5.26 Å². The molecule has 0 saturated heterocycles. The molecule has 7 heteroatoms. The van der Waals surface area contributed by atoms with E-state index in [2.05, 4.69) is 15.0 Å². The number of imidazole rings is 1. The van der Waals surface area contributed by atoms with Crippen LogP contribution in [0.25, 0.3) is 22.5 Å². The minimum Gasteiger partial charge on any atom is -0.494 e. The van der Waals surface area contributed by atoms with Gasteiger partial charge < -0.3 is 15.5 Å². The number of benzene rings is 1. The summed E-state index contributed by atoms with van der Waals surface area (Å²) < 4.78 is 18.8. The van der Waals surface area contributed by atoms with E-state index in [1.165, 1.54) is 25.6 Å². The molecule has 1 aromatic carbocycles. The molecule has 3 rings (SSSR count). The standard InChI is InChI=1S/C16H12FN5O/c1-23-15-3-2-9(4-12(15)17)13-5-10(14-7-20-8-21-14)11(6-18)16(19)22-13/h2-5,7-8H,1H3,(H2,19,22)(H,20,21). The SMILES string of the molecule is COc1ccc(-c2cc(-c3cnc[nH]3)c(C#N)c(N)n2)cc1F. The first-order valence-corrected chi connectivity index (χ1v) is 6.67. The monoisotopic (exact) mass is 309 g/mol. The number of methoxy groups -OCH3 is 1. The third kappa shape index (κ3) is 2.58. The maximum atomic E-state index is 13.9. The highest BCUT2D eigenvalue weighted by atomic mass is 19.1. The molecule has 3 N–H and O–H groups in total. The number of nitrogens with two attached hydrogens (primary N) is 1. The number of nitrogens with one attached hydrogen (secondary N) is 1. The van der Waals surface area contributed by atoms with Crippen molar-refractivity contribution in [3.05, 3.63) is 48.2 Å². The number of pyridine rings is 1. The Balaban J connectivity index is 2.18. The largest absolute Gasteiger partial charge is 0.494 e. The molecule has 0 aliphatic heterocycles. The van der Waals surface area contributed by atoms with Crippen molar-refractivity contribution in [2.75, 3.05) is 12.8 Å². The van der Waals surface area contributed by atoms with Gasteiger partial charge in [0, 0.05) is 11.1 Å². The smallest absolute Gasteiger partial charge is 0.165 e. The first kappa shape index (κ1) is 14.5. The summed E-state index contributed by atoms with van der Waals surface area (Å²) in [6.07, 6.45) is 3.08. The van der Waals surface area contributed by atoms with Crippen LogP contribution >= 0.6 is 0 Å². The number of hydrogen-bond donors (Lipinski definition) is 2. The summed E-state index contributed by atoms with van der Waals surface area (Å²) in [7, 11) is 1.40. The summed E-state index contributed by atoms with van der Waals surface area (Å²) in [4.78, 5) is 11.1. The van der Waals surface area contributed by atoms with Crippen LogP contribution in [-0.2, 0) is 0 Å². The third-order valence-corrected chi connectivity index (χ3v) is 3.40. The van der Waals surface area contributed by atoms with E-state index >= 15 is 0 Å². The van der Waals surface area contributed by atoms with Crippen molar-refractivity contribution in [2.45, 2.75) is 0 Å². The Bertz CT molecular complexity index is 900. The van der Waals surface area contributed by atoms with Crippen LogP contribution in [0.3, 0.4) is 0 Å². The average molecular weight is 309 g/mol. The van der Waals surface area contributed by atoms with Crippen molar-refractivity contribution < 1.29 is 9.13 Å². The van der Waals surface area contributed by atoms with E-state index in [1.54, 1.807) is 18.3 Å². The fraction of sp³-hybridized carbons (Fsp3) is 0.0625. The molecule has 0 atom stereocenters. The fourth-order valence-corrected chi connectivity index (χ4v) is 2.27. The lowest BCUT2D eigenvalue weighted by molar-refractivity contribution is 0.386. The summed E-state index contributed by atoms with van der Waals surface area (Å²) in [6.45, 7) is 0. The number of anilines is 1. The van der Waals surface area contributed by atoms with Gasteiger partial charge in [-0.2, -0.15) is 5.26 Å². The zero-order chi connectivity index (χ0) is 16.4. The Morgan fingerprint density at radius 1 is 1.35 bits per heavy atom. The van der Waals surface area contributed by atoms with Gasteiger partial charge in [0.2, 0.25) is 0 Å². The molecule has 0 amide bonds. The first-order chi connectivity index (χ1) is 11.1. The maximum absolute atomic E-state index is 13.9. The van der Waals surface area contributed by atoms with Gasteiger partial charge in [-0.05, 0) is 24.3 Å². The van der Waals surface area contributed by atoms with Gasteiger partial charge in [0.05, 0.1) is 31.0 Å². The number of H-pyrrole nitrogens is 1. The lowest BCUT2D eigenvalue weighted by Gasteiger charge is -2.09. The van der Waals surface area contributed by atoms with Crippen LogP contribution in [0.2, 0.25) is 0 Å². The molecular weight excluding hydrogens is 297 g/mol. The molecule has 3 aromatic rings. The molecular formula is C16H12FN5O. The number of rotatable bonds is 3. The topological polar surface area (TPSA) is 101 Å². The first-order valence-electron chi connectivity index (χ1n) is 6.67. The van der Waals surface area contributed by atoms with E-state index in [0.29, 0.717) is 22.5 Å². The van der Waals surface area contributed by atoms with Gasteiger partial charge in [-0.3, -0.25) is 0 Å². The Hall–Kier alpha value is -3.40. The van der Waals surface area contributed by atoms with Gasteiger partial charge in [0.1, 0.15) is 17.5 Å². The molecule has 0 unspecified atom stereocenters. The van der Waals surface area contributed by atoms with Crippen molar-refractivity contribution in [2.24, 2.45) is 0 Å². The number of nitrogen functional groups attached to an aromatic ring is 1. The number of aromatic amines is 1. The van der Waals surface area contributed by atoms with E-state index in [0.717, 1.165) is 0 Å². The molecule has 0 saturated carbocycles. The van der Waals surface area contributed by atoms with E-state index < -0.39 is 5.82 Å². The molecule has 0 fully saturated rings. The molecule has 114 valence electrons. The molecule has 0 aliphatic rings. The molecule has 6 nitrogen and oxygen atoms in total. The Kier molecular flexibility index (Phi) is 3.65. The summed E-state index contributed by atoms with van der Waals surface area (Å²) in [5.74, 6) is -0.284. The van der Waals surface area contributed by atoms with Crippen LogP contribution in [0, 0.1) is 17.1 Å². The van der Waals surface area contributed by atoms with Gasteiger partial charge in [-0.15, -0.1) is 0 Å². The summed E-state index contributed by atoms with van der Waals surface area (Å²) in [6, 6.07) is 8.19. The van der Waals surface area contributed by atoms with Crippen LogP contribution in [0.1, 0.15) is 5.56 Å². The third-order valence-electron chi connectivity index (χ3n) is 3.40. The van der Waals surface area contributed by atoms with E-state index in [4.69, 9.17) is 10.5 Å². The molecule has 2 aromatic heterocycles. The predicted molar refractivity (Wildman–Crippen MR) is 82.9 cm³/mol. The number of nitrogens with zero attached hydrogens (tertiary/aromatic N) is 3. The minimum atomic E-state index is -0.502. The number of hydrogen-bond acceptors (Lipinski definition) is 5. The van der Waals surface area contributed by atoms with Crippen molar-refractivity contribution in [1.82, 2.24) is 15.0 Å². The number of nitriles is 1. The van der Waals surface area contributed by atoms with Crippen LogP contribution < -0.4 is 10.5 Å². The number of aromatic nitrogens is 3. The van der Waals surface area contributed by atoms with Crippen molar-refractivity contribution >= 4 is 5.82 Å². The zero-order valence-corrected chi connectivity index (χ0v) is 12.2. The van der Waals surface area contributed by atoms with E-state index in [1.807, 2.05) is 6.07 Å². The Morgan fingerprint density at radius 3 is 2.78 bits per heavy atom. The van der Waals surface area contributed by atoms with Gasteiger partial charge in [-0.25, -0.2) is 14.4 Å². The maximum Gasteiger partial charge on any atom is 0.165 e. The molecule has 0 spiro atoms. The number of halogens is 1. The summed E-state index contributed by atoms with van der Waals surface area (Å²) in [5, 5.41) is 9.29. The van der Waals surface area contributed by atoms with E-state index in [-0.39, 0.29) is 17.1 Å². The van der Waals surface area contributed by atoms with Gasteiger partial charge in [-0.1, -0.05) is 0 Å². The second-order valence-corrected chi connectivity index (χ2v) is 4.74. The zero-order valence-electron chi connectivity index (χ0n) is 12.2. The fourth-order valence-electron chi connectivity index (χ4n) is 2.27. The normalized spacial score (nSPS) is 10.3. The summed E-state index contributed by atoms with van der Waals surface area (Å²) in [5.41, 5.74) is 8.30. The van der Waals surface area contributed by atoms with E-state index in [9.17, 15) is 9.65 Å². The molecule has 2 heterocycles. The quantitative estimate of drug-likeness (QED) is 0.774. The lowest BCUT2D eigenvalue weighted by atomic mass is 10.0. The molecule has 0 aliphatic carbocycles. The second kappa shape index (κ2) is 5.77. The minimum absolute atomic E-state index is 0.0748. The molecule has 0 bridgehead atoms. The van der Waals surface area contributed by atoms with Crippen molar-refractivity contribution in [3.8, 4) is 34.3 Å². The Morgan fingerprint density at radius 2 is 2.17 bits per heavy atom. The molecule has 23 heavy (non-hydrogen) atoms. The predicted octanol–water partition coefficient (Wildman–Crippen LogP) is 2.74. The lowest BCUT2D eigenvalue weighted by Crippen LogP contribution is -2.00.